The zero-order valence-electron chi connectivity index (χ0n) is 30.8. The van der Waals surface area contributed by atoms with Crippen LogP contribution in [-0.4, -0.2) is 22.6 Å². The van der Waals surface area contributed by atoms with E-state index >= 15 is 0 Å². The van der Waals surface area contributed by atoms with Crippen LogP contribution in [0.5, 0.6) is 5.75 Å². The fourth-order valence-corrected chi connectivity index (χ4v) is 6.72. The van der Waals surface area contributed by atoms with E-state index in [1.807, 2.05) is 54.6 Å². The smallest absolute Gasteiger partial charge is 0.262 e. The Morgan fingerprint density at radius 3 is 1.83 bits per heavy atom. The second-order valence-electron chi connectivity index (χ2n) is 13.7. The molecule has 0 saturated carbocycles. The van der Waals surface area contributed by atoms with E-state index in [1.165, 1.54) is 30.3 Å². The normalized spacial score (nSPS) is 12.7. The summed E-state index contributed by atoms with van der Waals surface area (Å²) < 4.78 is 69.4. The van der Waals surface area contributed by atoms with Crippen molar-refractivity contribution in [1.29, 1.82) is 0 Å². The molecule has 8 rings (SSSR count). The van der Waals surface area contributed by atoms with Crippen molar-refractivity contribution in [1.82, 2.24) is 10.2 Å². The van der Waals surface area contributed by atoms with E-state index in [2.05, 4.69) is 5.32 Å². The van der Waals surface area contributed by atoms with Crippen molar-refractivity contribution in [2.24, 2.45) is 0 Å². The largest absolute Gasteiger partial charge is 0.489 e. The molecule has 0 bridgehead atoms. The van der Waals surface area contributed by atoms with Crippen LogP contribution in [0.15, 0.2) is 149 Å². The van der Waals surface area contributed by atoms with Crippen LogP contribution in [0.4, 0.5) is 17.6 Å². The molecule has 1 N–H and O–H groups in total. The van der Waals surface area contributed by atoms with Gasteiger partial charge in [-0.2, -0.15) is 0 Å². The maximum atomic E-state index is 14.9. The first-order valence-electron chi connectivity index (χ1n) is 18.2. The molecule has 1 aliphatic heterocycles. The molecule has 6 aromatic carbocycles. The van der Waals surface area contributed by atoms with E-state index in [1.54, 1.807) is 18.2 Å². The summed E-state index contributed by atoms with van der Waals surface area (Å²) in [6, 6.07) is 34.2. The molecular formula is C47H30F4N2O6. The predicted molar refractivity (Wildman–Crippen MR) is 211 cm³/mol. The Bertz CT molecular complexity index is 2800. The van der Waals surface area contributed by atoms with Crippen molar-refractivity contribution in [3.8, 4) is 17.1 Å². The molecule has 1 aromatic heterocycles. The third-order valence-corrected chi connectivity index (χ3v) is 9.77. The van der Waals surface area contributed by atoms with E-state index in [-0.39, 0.29) is 31.0 Å². The molecule has 2 heterocycles. The summed E-state index contributed by atoms with van der Waals surface area (Å²) in [5, 5.41) is 3.29. The van der Waals surface area contributed by atoms with Crippen LogP contribution in [0, 0.1) is 23.3 Å². The average Bonchev–Trinajstić information content (AvgIpc) is 3.47. The Balaban J connectivity index is 0.887. The molecule has 0 aliphatic carbocycles. The number of halogens is 4. The van der Waals surface area contributed by atoms with Crippen LogP contribution < -0.4 is 15.5 Å². The number of carbonyl (C=O) groups excluding carboxylic acids is 3. The van der Waals surface area contributed by atoms with Crippen LogP contribution in [-0.2, 0) is 29.3 Å². The summed E-state index contributed by atoms with van der Waals surface area (Å²) in [5.74, 6) is -5.45. The minimum absolute atomic E-state index is 0.153. The number of nitrogens with zero attached hydrogens (tertiary/aromatic N) is 1. The van der Waals surface area contributed by atoms with E-state index in [9.17, 15) is 36.7 Å². The summed E-state index contributed by atoms with van der Waals surface area (Å²) in [7, 11) is 0. The number of fused-ring (bicyclic) bond motifs is 1. The number of amides is 3. The summed E-state index contributed by atoms with van der Waals surface area (Å²) in [4.78, 5) is 53.8. The molecule has 3 amide bonds. The van der Waals surface area contributed by atoms with Gasteiger partial charge in [-0.25, -0.2) is 17.6 Å². The van der Waals surface area contributed by atoms with Crippen LogP contribution in [0.2, 0.25) is 0 Å². The number of imide groups is 1. The van der Waals surface area contributed by atoms with Gasteiger partial charge >= 0.3 is 0 Å². The molecule has 0 radical (unpaired) electrons. The van der Waals surface area contributed by atoms with Crippen LogP contribution >= 0.6 is 0 Å². The van der Waals surface area contributed by atoms with Gasteiger partial charge in [-0.3, -0.25) is 24.1 Å². The molecule has 12 heteroatoms. The minimum atomic E-state index is -1.14. The number of hydrogen-bond acceptors (Lipinski definition) is 6. The van der Waals surface area contributed by atoms with Gasteiger partial charge in [0, 0.05) is 53.1 Å². The fourth-order valence-electron chi connectivity index (χ4n) is 6.72. The highest BCUT2D eigenvalue weighted by Gasteiger charge is 2.41. The van der Waals surface area contributed by atoms with E-state index < -0.39 is 57.4 Å². The van der Waals surface area contributed by atoms with Crippen LogP contribution in [0.1, 0.15) is 38.2 Å². The standard InChI is InChI=1S/C47H30F4N2O6/c48-32-14-17-35(38(50)20-32)43-44(36-18-15-33(49)21-39(36)51)47(57)53(46(43)56)25-28-10-12-31(13-11-28)45(55)52-24-27-6-8-29(9-7-27)26-58-34-16-19-37-40(54)23-41(59-42(37)22-34)30-4-2-1-3-5-30/h1-23H,24-26H2,(H,52,55). The average molecular weight is 795 g/mol. The lowest BCUT2D eigenvalue weighted by atomic mass is 9.95. The van der Waals surface area contributed by atoms with Gasteiger partial charge < -0.3 is 14.5 Å². The maximum absolute atomic E-state index is 14.9. The SMILES string of the molecule is O=C(NCc1ccc(COc2ccc3c(=O)cc(-c4ccccc4)oc3c2)cc1)c1ccc(CN2C(=O)C(c3ccc(F)cc3F)=C(c3ccc(F)cc3F)C2=O)cc1. The molecule has 0 atom stereocenters. The third kappa shape index (κ3) is 8.01. The monoisotopic (exact) mass is 794 g/mol. The quantitative estimate of drug-likeness (QED) is 0.104. The summed E-state index contributed by atoms with van der Waals surface area (Å²) in [6.45, 7) is 0.135. The van der Waals surface area contributed by atoms with E-state index in [0.717, 1.165) is 45.9 Å². The summed E-state index contributed by atoms with van der Waals surface area (Å²) in [6.07, 6.45) is 0. The topological polar surface area (TPSA) is 106 Å². The number of benzene rings is 6. The van der Waals surface area contributed by atoms with Crippen molar-refractivity contribution in [2.75, 3.05) is 0 Å². The predicted octanol–water partition coefficient (Wildman–Crippen LogP) is 9.01. The van der Waals surface area contributed by atoms with Gasteiger partial charge in [0.05, 0.1) is 23.1 Å². The van der Waals surface area contributed by atoms with Gasteiger partial charge in [0.25, 0.3) is 17.7 Å². The highest BCUT2D eigenvalue weighted by atomic mass is 19.1. The highest BCUT2D eigenvalue weighted by molar-refractivity contribution is 6.49. The molecule has 0 unspecified atom stereocenters. The van der Waals surface area contributed by atoms with Gasteiger partial charge in [-0.05, 0) is 65.2 Å². The molecule has 59 heavy (non-hydrogen) atoms. The lowest BCUT2D eigenvalue weighted by Crippen LogP contribution is -2.31. The zero-order chi connectivity index (χ0) is 41.2. The van der Waals surface area contributed by atoms with Gasteiger partial charge in [0.2, 0.25) is 0 Å². The van der Waals surface area contributed by atoms with Crippen molar-refractivity contribution >= 4 is 39.8 Å². The van der Waals surface area contributed by atoms with Crippen molar-refractivity contribution in [3.05, 3.63) is 206 Å². The maximum Gasteiger partial charge on any atom is 0.262 e. The van der Waals surface area contributed by atoms with Crippen molar-refractivity contribution < 1.29 is 41.1 Å². The molecule has 292 valence electrons. The molecule has 0 fully saturated rings. The molecule has 8 nitrogen and oxygen atoms in total. The van der Waals surface area contributed by atoms with Crippen LogP contribution in [0.25, 0.3) is 33.4 Å². The summed E-state index contributed by atoms with van der Waals surface area (Å²) in [5.41, 5.74) is 1.62. The van der Waals surface area contributed by atoms with Crippen molar-refractivity contribution in [3.63, 3.8) is 0 Å². The Morgan fingerprint density at radius 1 is 0.627 bits per heavy atom. The lowest BCUT2D eigenvalue weighted by molar-refractivity contribution is -0.136. The Hall–Kier alpha value is -7.60. The number of ether oxygens (including phenoxy) is 1. The van der Waals surface area contributed by atoms with Gasteiger partial charge in [-0.15, -0.1) is 0 Å². The molecule has 0 saturated heterocycles. The first-order valence-corrected chi connectivity index (χ1v) is 18.2. The molecule has 1 aliphatic rings. The van der Waals surface area contributed by atoms with Gasteiger partial charge in [-0.1, -0.05) is 66.7 Å². The van der Waals surface area contributed by atoms with Gasteiger partial charge in [0.1, 0.15) is 47.0 Å². The number of nitrogens with one attached hydrogen (secondary N) is 1. The Kier molecular flexibility index (Phi) is 10.4. The summed E-state index contributed by atoms with van der Waals surface area (Å²) >= 11 is 0. The van der Waals surface area contributed by atoms with Crippen molar-refractivity contribution in [2.45, 2.75) is 19.7 Å². The third-order valence-electron chi connectivity index (χ3n) is 9.77. The first-order chi connectivity index (χ1) is 28.5. The van der Waals surface area contributed by atoms with E-state index in [0.29, 0.717) is 45.7 Å². The lowest BCUT2D eigenvalue weighted by Gasteiger charge is -2.16. The Morgan fingerprint density at radius 2 is 1.22 bits per heavy atom. The Labute approximate surface area is 333 Å². The van der Waals surface area contributed by atoms with Gasteiger partial charge in [0.15, 0.2) is 5.43 Å². The number of rotatable bonds is 11. The zero-order valence-corrected chi connectivity index (χ0v) is 30.8. The fraction of sp³-hybridized carbons (Fsp3) is 0.0638. The highest BCUT2D eigenvalue weighted by Crippen LogP contribution is 2.38. The number of hydrogen-bond donors (Lipinski definition) is 1. The number of carbonyl (C=O) groups is 3. The van der Waals surface area contributed by atoms with Crippen LogP contribution in [0.3, 0.4) is 0 Å². The molecule has 7 aromatic rings. The second kappa shape index (κ2) is 16.1. The second-order valence-corrected chi connectivity index (χ2v) is 13.7. The molecule has 0 spiro atoms. The minimum Gasteiger partial charge on any atom is -0.489 e. The first kappa shape index (κ1) is 38.3. The van der Waals surface area contributed by atoms with E-state index in [4.69, 9.17) is 9.15 Å². The molecular weight excluding hydrogens is 765 g/mol.